The number of aliphatic hydroxyl groups excluding tert-OH is 1. The first-order chi connectivity index (χ1) is 21.1. The molecule has 0 fully saturated rings. The van der Waals surface area contributed by atoms with Crippen molar-refractivity contribution >= 4 is 33.0 Å². The van der Waals surface area contributed by atoms with E-state index < -0.39 is 16.1 Å². The van der Waals surface area contributed by atoms with Crippen molar-refractivity contribution < 1.29 is 27.8 Å². The van der Waals surface area contributed by atoms with Crippen molar-refractivity contribution in [2.75, 3.05) is 38.1 Å². The highest BCUT2D eigenvalue weighted by Crippen LogP contribution is 2.30. The summed E-state index contributed by atoms with van der Waals surface area (Å²) in [5, 5.41) is 11.9. The van der Waals surface area contributed by atoms with E-state index >= 15 is 0 Å². The summed E-state index contributed by atoms with van der Waals surface area (Å²) in [7, 11) is -1.77. The number of sulfonamides is 1. The highest BCUT2D eigenvalue weighted by atomic mass is 32.2. The maximum Gasteiger partial charge on any atom is 0.271 e. The van der Waals surface area contributed by atoms with Gasteiger partial charge in [0.25, 0.3) is 15.9 Å². The Morgan fingerprint density at radius 3 is 2.66 bits per heavy atom. The van der Waals surface area contributed by atoms with E-state index in [4.69, 9.17) is 9.47 Å². The number of aromatic nitrogens is 1. The van der Waals surface area contributed by atoms with Crippen molar-refractivity contribution in [2.24, 2.45) is 5.92 Å². The number of hydrogen-bond acceptors (Lipinski definition) is 9. The van der Waals surface area contributed by atoms with E-state index in [1.54, 1.807) is 47.8 Å². The van der Waals surface area contributed by atoms with E-state index in [2.05, 4.69) is 28.6 Å². The lowest BCUT2D eigenvalue weighted by atomic mass is 10.0. The van der Waals surface area contributed by atoms with Crippen molar-refractivity contribution in [3.63, 3.8) is 0 Å². The number of fused-ring (bicyclic) bond motifs is 1. The highest BCUT2D eigenvalue weighted by molar-refractivity contribution is 7.94. The number of rotatable bonds is 9. The van der Waals surface area contributed by atoms with Crippen molar-refractivity contribution in [1.29, 1.82) is 0 Å². The number of carbonyl (C=O) groups excluding carboxylic acids is 1. The number of nitrogens with zero attached hydrogens (tertiary/aromatic N) is 3. The molecule has 2 aromatic heterocycles. The van der Waals surface area contributed by atoms with Crippen molar-refractivity contribution in [3.8, 4) is 5.75 Å². The van der Waals surface area contributed by atoms with E-state index in [0.29, 0.717) is 25.4 Å². The van der Waals surface area contributed by atoms with Gasteiger partial charge in [0.15, 0.2) is 0 Å². The first kappa shape index (κ1) is 33.9. The average Bonchev–Trinajstić information content (AvgIpc) is 3.55. The molecule has 1 aliphatic heterocycles. The molecular formula is C32H44N4O6S2. The van der Waals surface area contributed by atoms with Gasteiger partial charge < -0.3 is 19.5 Å². The molecule has 0 saturated heterocycles. The highest BCUT2D eigenvalue weighted by Gasteiger charge is 2.30. The standard InChI is InChI=1S/C32H44N4O6S2/c1-23-19-36(24(2)22-37)32(38)28-18-27(34-44(39,40)31-9-7-17-43-31)10-11-29(28)42-25(3)8-5-6-16-41-30(23)21-35(4)20-26-12-14-33-15-13-26/h7,9-15,17-18,23-25,30,34,37H,5-6,8,16,19-22H2,1-4H3/t23-,24+,25+,30+/m0/s1. The number of thiophene rings is 1. The van der Waals surface area contributed by atoms with E-state index in [0.717, 1.165) is 42.7 Å². The van der Waals surface area contributed by atoms with E-state index in [1.165, 1.54) is 12.1 Å². The minimum absolute atomic E-state index is 0.0698. The molecule has 0 aliphatic carbocycles. The lowest BCUT2D eigenvalue weighted by Crippen LogP contribution is -2.47. The average molecular weight is 645 g/mol. The van der Waals surface area contributed by atoms with Gasteiger partial charge in [-0.05, 0) is 87.5 Å². The molecule has 0 unspecified atom stereocenters. The van der Waals surface area contributed by atoms with Gasteiger partial charge in [-0.2, -0.15) is 0 Å². The summed E-state index contributed by atoms with van der Waals surface area (Å²) in [5.74, 6) is -0.0374. The Balaban J connectivity index is 1.63. The van der Waals surface area contributed by atoms with Crippen LogP contribution in [0.2, 0.25) is 0 Å². The first-order valence-electron chi connectivity index (χ1n) is 15.0. The lowest BCUT2D eigenvalue weighted by Gasteiger charge is -2.36. The van der Waals surface area contributed by atoms with Gasteiger partial charge in [0.05, 0.1) is 30.4 Å². The van der Waals surface area contributed by atoms with Crippen LogP contribution in [-0.2, 0) is 21.3 Å². The van der Waals surface area contributed by atoms with Crippen LogP contribution in [0.3, 0.4) is 0 Å². The minimum Gasteiger partial charge on any atom is -0.490 e. The van der Waals surface area contributed by atoms with Gasteiger partial charge in [-0.3, -0.25) is 19.4 Å². The number of carbonyl (C=O) groups is 1. The van der Waals surface area contributed by atoms with Crippen LogP contribution in [0.25, 0.3) is 0 Å². The Bertz CT molecular complexity index is 1440. The summed E-state index contributed by atoms with van der Waals surface area (Å²) >= 11 is 1.11. The van der Waals surface area contributed by atoms with Gasteiger partial charge >= 0.3 is 0 Å². The number of nitrogens with one attached hydrogen (secondary N) is 1. The predicted molar refractivity (Wildman–Crippen MR) is 173 cm³/mol. The summed E-state index contributed by atoms with van der Waals surface area (Å²) in [4.78, 5) is 22.2. The molecule has 0 bridgehead atoms. The zero-order chi connectivity index (χ0) is 31.7. The molecule has 2 N–H and O–H groups in total. The van der Waals surface area contributed by atoms with Gasteiger partial charge in [0.1, 0.15) is 9.96 Å². The van der Waals surface area contributed by atoms with E-state index in [1.807, 2.05) is 19.1 Å². The molecule has 0 spiro atoms. The molecule has 1 aromatic carbocycles. The number of hydrogen-bond donors (Lipinski definition) is 2. The molecule has 0 saturated carbocycles. The quantitative estimate of drug-likeness (QED) is 0.339. The Morgan fingerprint density at radius 2 is 1.95 bits per heavy atom. The molecule has 1 aliphatic rings. The first-order valence-corrected chi connectivity index (χ1v) is 17.4. The number of amides is 1. The number of anilines is 1. The van der Waals surface area contributed by atoms with Crippen molar-refractivity contribution in [3.05, 3.63) is 71.4 Å². The zero-order valence-corrected chi connectivity index (χ0v) is 27.5. The van der Waals surface area contributed by atoms with Gasteiger partial charge in [0.2, 0.25) is 0 Å². The van der Waals surface area contributed by atoms with E-state index in [9.17, 15) is 18.3 Å². The van der Waals surface area contributed by atoms with Crippen LogP contribution in [0.5, 0.6) is 5.75 Å². The second kappa shape index (κ2) is 15.8. The number of likely N-dealkylation sites (N-methyl/N-ethyl adjacent to an activating group) is 1. The molecule has 4 rings (SSSR count). The van der Waals surface area contributed by atoms with Gasteiger partial charge in [-0.1, -0.05) is 13.0 Å². The normalized spacial score (nSPS) is 21.3. The lowest BCUT2D eigenvalue weighted by molar-refractivity contribution is -0.0177. The van der Waals surface area contributed by atoms with Crippen LogP contribution in [0.4, 0.5) is 5.69 Å². The van der Waals surface area contributed by atoms with Gasteiger partial charge in [-0.25, -0.2) is 8.42 Å². The van der Waals surface area contributed by atoms with Crippen LogP contribution in [-0.4, -0.2) is 85.8 Å². The zero-order valence-electron chi connectivity index (χ0n) is 25.9. The SMILES string of the molecule is C[C@@H]1CCCCO[C@H](CN(C)Cc2ccncc2)[C@@H](C)CN([C@H](C)CO)C(=O)c2cc(NS(=O)(=O)c3cccs3)ccc2O1. The Kier molecular flexibility index (Phi) is 12.2. The molecule has 3 heterocycles. The largest absolute Gasteiger partial charge is 0.490 e. The third kappa shape index (κ3) is 9.24. The molecule has 0 radical (unpaired) electrons. The summed E-state index contributed by atoms with van der Waals surface area (Å²) in [6, 6.07) is 11.5. The van der Waals surface area contributed by atoms with Crippen molar-refractivity contribution in [1.82, 2.24) is 14.8 Å². The van der Waals surface area contributed by atoms with Crippen LogP contribution in [0.1, 0.15) is 56.0 Å². The fourth-order valence-corrected chi connectivity index (χ4v) is 7.28. The van der Waals surface area contributed by atoms with Gasteiger partial charge in [0, 0.05) is 50.2 Å². The fraction of sp³-hybridized carbons (Fsp3) is 0.500. The monoisotopic (exact) mass is 644 g/mol. The third-order valence-corrected chi connectivity index (χ3v) is 10.5. The fourth-order valence-electron chi connectivity index (χ4n) is 5.24. The Hall–Kier alpha value is -3.03. The van der Waals surface area contributed by atoms with Crippen LogP contribution in [0.15, 0.2) is 64.4 Å². The number of aliphatic hydroxyl groups is 1. The molecule has 4 atom stereocenters. The number of ether oxygens (including phenoxy) is 2. The Morgan fingerprint density at radius 1 is 1.18 bits per heavy atom. The molecule has 1 amide bonds. The van der Waals surface area contributed by atoms with Crippen LogP contribution in [0, 0.1) is 5.92 Å². The summed E-state index contributed by atoms with van der Waals surface area (Å²) < 4.78 is 41.4. The van der Waals surface area contributed by atoms with E-state index in [-0.39, 0.29) is 46.1 Å². The molecular weight excluding hydrogens is 601 g/mol. The molecule has 10 nitrogen and oxygen atoms in total. The number of benzene rings is 1. The predicted octanol–water partition coefficient (Wildman–Crippen LogP) is 4.87. The summed E-state index contributed by atoms with van der Waals surface area (Å²) in [6.07, 6.45) is 5.76. The van der Waals surface area contributed by atoms with Gasteiger partial charge in [-0.15, -0.1) is 11.3 Å². The molecule has 3 aromatic rings. The maximum atomic E-state index is 14.3. The second-order valence-corrected chi connectivity index (χ2v) is 14.5. The smallest absolute Gasteiger partial charge is 0.271 e. The van der Waals surface area contributed by atoms with Crippen LogP contribution < -0.4 is 9.46 Å². The third-order valence-electron chi connectivity index (χ3n) is 7.76. The summed E-state index contributed by atoms with van der Waals surface area (Å²) in [6.45, 7) is 7.90. The maximum absolute atomic E-state index is 14.3. The number of pyridine rings is 1. The topological polar surface area (TPSA) is 121 Å². The summed E-state index contributed by atoms with van der Waals surface area (Å²) in [5.41, 5.74) is 1.64. The minimum atomic E-state index is -3.82. The molecule has 12 heteroatoms. The Labute approximate surface area is 265 Å². The van der Waals surface area contributed by atoms with Crippen molar-refractivity contribution in [2.45, 2.75) is 69.0 Å². The molecule has 240 valence electrons. The molecule has 44 heavy (non-hydrogen) atoms. The second-order valence-electron chi connectivity index (χ2n) is 11.6. The van der Waals surface area contributed by atoms with Crippen LogP contribution >= 0.6 is 11.3 Å².